The second kappa shape index (κ2) is 20.0. The summed E-state index contributed by atoms with van der Waals surface area (Å²) in [6.07, 6.45) is -1.13. The number of aliphatic hydroxyl groups excluding tert-OH is 1. The smallest absolute Gasteiger partial charge is 0.407 e. The van der Waals surface area contributed by atoms with Crippen molar-refractivity contribution in [2.45, 2.75) is 83.5 Å². The molecule has 12 heteroatoms. The van der Waals surface area contributed by atoms with Crippen molar-refractivity contribution in [1.82, 2.24) is 20.9 Å². The number of aromatic nitrogens is 1. The molecule has 6 N–H and O–H groups in total. The van der Waals surface area contributed by atoms with Crippen LogP contribution >= 0.6 is 11.3 Å². The van der Waals surface area contributed by atoms with Crippen LogP contribution in [0.15, 0.2) is 102 Å². The molecule has 1 aliphatic rings. The van der Waals surface area contributed by atoms with Crippen molar-refractivity contribution in [3.05, 3.63) is 124 Å². The number of nitrogens with one attached hydrogen (secondary N) is 3. The molecule has 310 valence electrons. The third-order valence-corrected chi connectivity index (χ3v) is 11.9. The molecule has 0 radical (unpaired) electrons. The Hall–Kier alpha value is -5.43. The summed E-state index contributed by atoms with van der Waals surface area (Å²) in [5.41, 5.74) is 13.6. The van der Waals surface area contributed by atoms with E-state index in [1.54, 1.807) is 10.9 Å². The molecule has 5 aromatic rings. The van der Waals surface area contributed by atoms with Crippen LogP contribution in [0.2, 0.25) is 0 Å². The van der Waals surface area contributed by atoms with Gasteiger partial charge >= 0.3 is 6.09 Å². The van der Waals surface area contributed by atoms with E-state index in [0.717, 1.165) is 45.0 Å². The molecule has 0 saturated carbocycles. The summed E-state index contributed by atoms with van der Waals surface area (Å²) in [5.74, 6) is -2.78. The molecule has 6 rings (SSSR count). The van der Waals surface area contributed by atoms with E-state index in [0.29, 0.717) is 12.2 Å². The van der Waals surface area contributed by atoms with Crippen LogP contribution in [0.4, 0.5) is 4.79 Å². The highest BCUT2D eigenvalue weighted by molar-refractivity contribution is 7.07. The maximum absolute atomic E-state index is 14.7. The topological polar surface area (TPSA) is 173 Å². The number of Topliss-reactive ketones (excluding diaryl/α,β-unsaturated/α-hetero) is 1. The number of amides is 3. The highest BCUT2D eigenvalue weighted by Gasteiger charge is 2.40. The first-order valence-corrected chi connectivity index (χ1v) is 21.4. The lowest BCUT2D eigenvalue weighted by molar-refractivity contribution is -0.136. The lowest BCUT2D eigenvalue weighted by atomic mass is 9.81. The van der Waals surface area contributed by atoms with E-state index in [1.165, 1.54) is 11.3 Å². The van der Waals surface area contributed by atoms with Gasteiger partial charge in [-0.2, -0.15) is 0 Å². The number of alkyl carbamates (subject to hydrolysis) is 1. The molecule has 0 spiro atoms. The molecule has 0 aliphatic heterocycles. The maximum atomic E-state index is 14.7. The maximum Gasteiger partial charge on any atom is 0.407 e. The van der Waals surface area contributed by atoms with Gasteiger partial charge in [0.2, 0.25) is 11.8 Å². The fourth-order valence-corrected chi connectivity index (χ4v) is 8.43. The first-order chi connectivity index (χ1) is 28.4. The molecule has 0 fully saturated rings. The lowest BCUT2D eigenvalue weighted by Crippen LogP contribution is -2.58. The van der Waals surface area contributed by atoms with E-state index < -0.39 is 53.8 Å². The summed E-state index contributed by atoms with van der Waals surface area (Å²) in [6, 6.07) is 25.9. The average molecular weight is 818 g/mol. The zero-order valence-electron chi connectivity index (χ0n) is 34.1. The number of hydrogen-bond acceptors (Lipinski definition) is 9. The minimum absolute atomic E-state index is 0.0246. The second-order valence-electron chi connectivity index (χ2n) is 16.0. The number of ketones is 1. The van der Waals surface area contributed by atoms with E-state index >= 15 is 0 Å². The number of aliphatic hydroxyl groups is 1. The van der Waals surface area contributed by atoms with Gasteiger partial charge in [0, 0.05) is 36.6 Å². The van der Waals surface area contributed by atoms with E-state index in [1.807, 2.05) is 107 Å². The van der Waals surface area contributed by atoms with Crippen molar-refractivity contribution in [3.63, 3.8) is 0 Å². The fraction of sp³-hybridized carbons (Fsp3) is 0.383. The van der Waals surface area contributed by atoms with Crippen LogP contribution in [0.5, 0.6) is 0 Å². The molecule has 59 heavy (non-hydrogen) atoms. The Bertz CT molecular complexity index is 2180. The number of carbonyl (C=O) groups excluding carboxylic acids is 4. The summed E-state index contributed by atoms with van der Waals surface area (Å²) < 4.78 is 5.90. The van der Waals surface area contributed by atoms with Crippen LogP contribution in [0.1, 0.15) is 68.8 Å². The van der Waals surface area contributed by atoms with Crippen LogP contribution in [-0.2, 0) is 32.0 Å². The number of fused-ring (bicyclic) bond motifs is 4. The summed E-state index contributed by atoms with van der Waals surface area (Å²) in [5, 5.41) is 23.8. The molecule has 1 heterocycles. The third kappa shape index (κ3) is 10.6. The van der Waals surface area contributed by atoms with Gasteiger partial charge in [0.1, 0.15) is 18.7 Å². The minimum Gasteiger partial charge on any atom is -0.449 e. The van der Waals surface area contributed by atoms with Crippen LogP contribution in [-0.4, -0.2) is 71.2 Å². The first-order valence-electron chi connectivity index (χ1n) is 20.5. The number of hydrogen-bond donors (Lipinski definition) is 5. The largest absolute Gasteiger partial charge is 0.449 e. The van der Waals surface area contributed by atoms with Gasteiger partial charge in [-0.25, -0.2) is 9.78 Å². The Morgan fingerprint density at radius 2 is 1.49 bits per heavy atom. The van der Waals surface area contributed by atoms with Gasteiger partial charge in [0.25, 0.3) is 0 Å². The van der Waals surface area contributed by atoms with Crippen molar-refractivity contribution in [2.24, 2.45) is 23.5 Å². The number of nitrogens with two attached hydrogens (primary N) is 1. The molecule has 0 saturated heterocycles. The SMILES string of the molecule is CCC(C)CNC(=O)C(N)[C@@H](O)[C@H](CC(C)C)C(=O)C(Cc1cscn1)NC(=O)[C@H](Cc1cccc2ccccc12)NC(=O)OCC1c2ccccc2-c2ccccc21. The normalized spacial score (nSPS) is 15.3. The fourth-order valence-electron chi connectivity index (χ4n) is 7.86. The second-order valence-corrected chi connectivity index (χ2v) is 16.7. The van der Waals surface area contributed by atoms with E-state index in [2.05, 4.69) is 33.1 Å². The number of ether oxygens (including phenoxy) is 1. The van der Waals surface area contributed by atoms with Crippen molar-refractivity contribution >= 4 is 45.8 Å². The summed E-state index contributed by atoms with van der Waals surface area (Å²) >= 11 is 1.35. The molecule has 6 atom stereocenters. The van der Waals surface area contributed by atoms with Gasteiger partial charge < -0.3 is 31.5 Å². The molecule has 3 unspecified atom stereocenters. The Labute approximate surface area is 350 Å². The monoisotopic (exact) mass is 817 g/mol. The number of nitrogens with zero attached hydrogens (tertiary/aromatic N) is 1. The van der Waals surface area contributed by atoms with Gasteiger partial charge in [0.15, 0.2) is 5.78 Å². The average Bonchev–Trinajstić information content (AvgIpc) is 3.88. The predicted molar refractivity (Wildman–Crippen MR) is 232 cm³/mol. The highest BCUT2D eigenvalue weighted by atomic mass is 32.1. The minimum atomic E-state index is -1.53. The van der Waals surface area contributed by atoms with Crippen LogP contribution in [0, 0.1) is 17.8 Å². The van der Waals surface area contributed by atoms with Gasteiger partial charge in [0.05, 0.1) is 23.4 Å². The van der Waals surface area contributed by atoms with Gasteiger partial charge in [-0.05, 0) is 56.8 Å². The summed E-state index contributed by atoms with van der Waals surface area (Å²) in [4.78, 5) is 60.5. The van der Waals surface area contributed by atoms with E-state index in [9.17, 15) is 24.3 Å². The molecule has 11 nitrogen and oxygen atoms in total. The van der Waals surface area contributed by atoms with E-state index in [-0.39, 0.29) is 43.6 Å². The molecule has 1 aromatic heterocycles. The van der Waals surface area contributed by atoms with E-state index in [4.69, 9.17) is 10.5 Å². The standard InChI is InChI=1S/C47H55N5O6S/c1-5-29(4)24-49-46(56)42(48)44(54)38(21-28(2)3)43(53)40(23-32-26-59-27-50-32)51-45(55)41(22-31-15-12-14-30-13-6-7-16-33(30)31)52-47(57)58-25-39-36-19-10-8-17-34(36)35-18-9-11-20-37(35)39/h6-20,26-29,38-42,44,54H,5,21-25,48H2,1-4H3,(H,49,56)(H,51,55)(H,52,57)/t29?,38-,40?,41+,42?,44+/m1/s1. The summed E-state index contributed by atoms with van der Waals surface area (Å²) in [6.45, 7) is 8.26. The third-order valence-electron chi connectivity index (χ3n) is 11.3. The molecule has 4 aromatic carbocycles. The molecular formula is C47H55N5O6S. The number of carbonyl (C=O) groups is 4. The molecular weight excluding hydrogens is 763 g/mol. The Morgan fingerprint density at radius 1 is 0.831 bits per heavy atom. The molecule has 0 bridgehead atoms. The number of rotatable bonds is 19. The van der Waals surface area contributed by atoms with Crippen LogP contribution in [0.3, 0.4) is 0 Å². The first kappa shape index (κ1) is 43.2. The molecule has 3 amide bonds. The number of thiazole rings is 1. The van der Waals surface area contributed by atoms with Gasteiger partial charge in [-0.15, -0.1) is 11.3 Å². The zero-order valence-corrected chi connectivity index (χ0v) is 34.9. The summed E-state index contributed by atoms with van der Waals surface area (Å²) in [7, 11) is 0. The Balaban J connectivity index is 1.26. The predicted octanol–water partition coefficient (Wildman–Crippen LogP) is 6.56. The van der Waals surface area contributed by atoms with Crippen molar-refractivity contribution < 1.29 is 29.0 Å². The molecule has 1 aliphatic carbocycles. The van der Waals surface area contributed by atoms with Crippen molar-refractivity contribution in [1.29, 1.82) is 0 Å². The quantitative estimate of drug-likeness (QED) is 0.0624. The lowest BCUT2D eigenvalue weighted by Gasteiger charge is -2.31. The van der Waals surface area contributed by atoms with Crippen LogP contribution < -0.4 is 21.7 Å². The van der Waals surface area contributed by atoms with Gasteiger partial charge in [-0.3, -0.25) is 14.4 Å². The van der Waals surface area contributed by atoms with Crippen LogP contribution in [0.25, 0.3) is 21.9 Å². The number of benzene rings is 4. The zero-order chi connectivity index (χ0) is 42.1. The highest BCUT2D eigenvalue weighted by Crippen LogP contribution is 2.44. The Morgan fingerprint density at radius 3 is 2.15 bits per heavy atom. The Kier molecular flexibility index (Phi) is 14.6. The van der Waals surface area contributed by atoms with Crippen molar-refractivity contribution in [3.8, 4) is 11.1 Å². The van der Waals surface area contributed by atoms with Gasteiger partial charge in [-0.1, -0.05) is 125 Å². The van der Waals surface area contributed by atoms with Crippen molar-refractivity contribution in [2.75, 3.05) is 13.2 Å².